The van der Waals surface area contributed by atoms with Gasteiger partial charge in [0.1, 0.15) is 5.72 Å². The molecule has 1 saturated heterocycles. The largest absolute Gasteiger partial charge is 0.480 e. The van der Waals surface area contributed by atoms with Gasteiger partial charge in [0, 0.05) is 0 Å². The van der Waals surface area contributed by atoms with Crippen molar-refractivity contribution in [2.24, 2.45) is 0 Å². The van der Waals surface area contributed by atoms with Crippen molar-refractivity contribution >= 4 is 23.2 Å². The molecule has 0 radical (unpaired) electrons. The molecule has 1 N–H and O–H groups in total. The zero-order valence-corrected chi connectivity index (χ0v) is 11.9. The number of carboxylic acids is 1. The van der Waals surface area contributed by atoms with Gasteiger partial charge in [-0.15, -0.1) is 11.3 Å². The molecule has 2 aliphatic rings. The molecule has 5 nitrogen and oxygen atoms in total. The number of rotatable bonds is 2. The number of carbonyl (C=O) groups is 2. The molecule has 1 saturated carbocycles. The van der Waals surface area contributed by atoms with E-state index in [4.69, 9.17) is 4.74 Å². The Bertz CT molecular complexity index is 507. The number of nitrogens with zero attached hydrogens (tertiary/aromatic N) is 1. The Morgan fingerprint density at radius 3 is 2.70 bits per heavy atom. The number of ether oxygens (including phenoxy) is 1. The topological polar surface area (TPSA) is 66.8 Å². The van der Waals surface area contributed by atoms with Crippen LogP contribution in [-0.4, -0.2) is 40.3 Å². The third-order valence-electron chi connectivity index (χ3n) is 4.13. The van der Waals surface area contributed by atoms with Crippen molar-refractivity contribution in [3.8, 4) is 0 Å². The van der Waals surface area contributed by atoms with E-state index >= 15 is 0 Å². The monoisotopic (exact) mass is 295 g/mol. The predicted octanol–water partition coefficient (Wildman–Crippen LogP) is 2.33. The lowest BCUT2D eigenvalue weighted by Gasteiger charge is -2.40. The third kappa shape index (κ3) is 2.13. The smallest absolute Gasteiger partial charge is 0.328 e. The Kier molecular flexibility index (Phi) is 3.52. The number of hydrogen-bond donors (Lipinski definition) is 1. The number of carboxylic acid groups (broad SMARTS) is 1. The second-order valence-electron chi connectivity index (χ2n) is 5.32. The molecule has 1 amide bonds. The molecule has 1 spiro atoms. The summed E-state index contributed by atoms with van der Waals surface area (Å²) < 4.78 is 5.82. The first-order valence-corrected chi connectivity index (χ1v) is 7.76. The number of amides is 1. The predicted molar refractivity (Wildman–Crippen MR) is 73.7 cm³/mol. The Balaban J connectivity index is 1.95. The lowest BCUT2D eigenvalue weighted by Crippen LogP contribution is -2.54. The average molecular weight is 295 g/mol. The van der Waals surface area contributed by atoms with Gasteiger partial charge >= 0.3 is 5.97 Å². The second-order valence-corrected chi connectivity index (χ2v) is 6.27. The Morgan fingerprint density at radius 1 is 1.35 bits per heavy atom. The van der Waals surface area contributed by atoms with E-state index < -0.39 is 17.7 Å². The maximum atomic E-state index is 12.7. The van der Waals surface area contributed by atoms with Crippen molar-refractivity contribution in [1.82, 2.24) is 4.90 Å². The summed E-state index contributed by atoms with van der Waals surface area (Å²) in [4.78, 5) is 26.2. The van der Waals surface area contributed by atoms with Crippen LogP contribution in [0.25, 0.3) is 0 Å². The molecule has 3 rings (SSSR count). The van der Waals surface area contributed by atoms with Gasteiger partial charge in [0.25, 0.3) is 5.91 Å². The lowest BCUT2D eigenvalue weighted by molar-refractivity contribution is -0.143. The van der Waals surface area contributed by atoms with Crippen molar-refractivity contribution in [2.75, 3.05) is 6.61 Å². The van der Waals surface area contributed by atoms with Crippen molar-refractivity contribution in [1.29, 1.82) is 0 Å². The van der Waals surface area contributed by atoms with Gasteiger partial charge in [0.05, 0.1) is 11.5 Å². The van der Waals surface area contributed by atoms with Crippen molar-refractivity contribution < 1.29 is 19.4 Å². The lowest BCUT2D eigenvalue weighted by atomic mass is 9.90. The minimum absolute atomic E-state index is 0.0897. The molecule has 20 heavy (non-hydrogen) atoms. The maximum Gasteiger partial charge on any atom is 0.328 e. The van der Waals surface area contributed by atoms with E-state index in [0.29, 0.717) is 4.88 Å². The highest BCUT2D eigenvalue weighted by Crippen LogP contribution is 2.41. The number of hydrogen-bond acceptors (Lipinski definition) is 4. The van der Waals surface area contributed by atoms with Crippen LogP contribution in [-0.2, 0) is 9.53 Å². The summed E-state index contributed by atoms with van der Waals surface area (Å²) in [6, 6.07) is 2.67. The minimum atomic E-state index is -0.989. The van der Waals surface area contributed by atoms with Gasteiger partial charge in [-0.2, -0.15) is 0 Å². The molecule has 2 fully saturated rings. The summed E-state index contributed by atoms with van der Waals surface area (Å²) in [6.07, 6.45) is 4.52. The quantitative estimate of drug-likeness (QED) is 0.909. The Hall–Kier alpha value is -1.40. The summed E-state index contributed by atoms with van der Waals surface area (Å²) in [5.41, 5.74) is -0.706. The van der Waals surface area contributed by atoms with Crippen molar-refractivity contribution in [2.45, 2.75) is 43.9 Å². The van der Waals surface area contributed by atoms with E-state index in [1.807, 2.05) is 5.38 Å². The van der Waals surface area contributed by atoms with Crippen LogP contribution in [0.2, 0.25) is 0 Å². The first-order valence-electron chi connectivity index (χ1n) is 6.88. The second kappa shape index (κ2) is 5.18. The van der Waals surface area contributed by atoms with Gasteiger partial charge in [-0.05, 0) is 37.1 Å². The number of aliphatic carboxylic acids is 1. The van der Waals surface area contributed by atoms with Gasteiger partial charge < -0.3 is 9.84 Å². The average Bonchev–Trinajstić information content (AvgIpc) is 3.07. The fraction of sp³-hybridized carbons (Fsp3) is 0.571. The molecule has 108 valence electrons. The fourth-order valence-electron chi connectivity index (χ4n) is 3.18. The van der Waals surface area contributed by atoms with Crippen molar-refractivity contribution in [3.05, 3.63) is 22.4 Å². The first-order chi connectivity index (χ1) is 9.64. The Morgan fingerprint density at radius 2 is 2.10 bits per heavy atom. The summed E-state index contributed by atoms with van der Waals surface area (Å²) in [7, 11) is 0. The molecular formula is C14H17NO4S. The molecular weight excluding hydrogens is 278 g/mol. The van der Waals surface area contributed by atoms with Crippen molar-refractivity contribution in [3.63, 3.8) is 0 Å². The molecule has 1 atom stereocenters. The normalized spacial score (nSPS) is 25.0. The minimum Gasteiger partial charge on any atom is -0.480 e. The molecule has 6 heteroatoms. The molecule has 0 bridgehead atoms. The van der Waals surface area contributed by atoms with Gasteiger partial charge in [0.2, 0.25) is 0 Å². The molecule has 1 aromatic heterocycles. The van der Waals surface area contributed by atoms with Crippen LogP contribution < -0.4 is 0 Å². The first kappa shape index (κ1) is 13.6. The van der Waals surface area contributed by atoms with E-state index in [0.717, 1.165) is 32.1 Å². The van der Waals surface area contributed by atoms with Gasteiger partial charge in [-0.3, -0.25) is 9.69 Å². The van der Waals surface area contributed by atoms with Crippen LogP contribution in [0, 0.1) is 0 Å². The van der Waals surface area contributed by atoms with Crippen LogP contribution in [0.1, 0.15) is 41.8 Å². The van der Waals surface area contributed by atoms with Gasteiger partial charge in [-0.25, -0.2) is 4.79 Å². The standard InChI is InChI=1S/C14H17NO4S/c16-12(11-5-4-8-20-11)15-10(13(17)18)9-19-14(15)6-2-1-3-7-14/h4-5,8,10H,1-3,6-7,9H2,(H,17,18)/t10-/m1/s1. The molecule has 1 aliphatic carbocycles. The Labute approximate surface area is 121 Å². The van der Waals surface area contributed by atoms with E-state index in [-0.39, 0.29) is 12.5 Å². The number of thiophene rings is 1. The number of carbonyl (C=O) groups excluding carboxylic acids is 1. The third-order valence-corrected chi connectivity index (χ3v) is 4.99. The van der Waals surface area contributed by atoms with Crippen LogP contribution >= 0.6 is 11.3 Å². The molecule has 2 heterocycles. The molecule has 1 aromatic rings. The van der Waals surface area contributed by atoms with Gasteiger partial charge in [-0.1, -0.05) is 12.5 Å². The van der Waals surface area contributed by atoms with E-state index in [1.165, 1.54) is 16.2 Å². The summed E-state index contributed by atoms with van der Waals surface area (Å²) in [5, 5.41) is 11.2. The SMILES string of the molecule is O=C(O)[C@H]1COC2(CCCCC2)N1C(=O)c1cccs1. The molecule has 0 aromatic carbocycles. The zero-order chi connectivity index (χ0) is 14.2. The zero-order valence-electron chi connectivity index (χ0n) is 11.1. The highest BCUT2D eigenvalue weighted by Gasteiger charge is 2.53. The van der Waals surface area contributed by atoms with E-state index in [1.54, 1.807) is 12.1 Å². The maximum absolute atomic E-state index is 12.7. The van der Waals surface area contributed by atoms with Crippen LogP contribution in [0.15, 0.2) is 17.5 Å². The van der Waals surface area contributed by atoms with Crippen LogP contribution in [0.3, 0.4) is 0 Å². The van der Waals surface area contributed by atoms with Crippen LogP contribution in [0.4, 0.5) is 0 Å². The van der Waals surface area contributed by atoms with E-state index in [2.05, 4.69) is 0 Å². The summed E-state index contributed by atoms with van der Waals surface area (Å²) >= 11 is 1.34. The fourth-order valence-corrected chi connectivity index (χ4v) is 3.84. The summed E-state index contributed by atoms with van der Waals surface area (Å²) in [6.45, 7) is 0.0897. The molecule has 0 unspecified atom stereocenters. The van der Waals surface area contributed by atoms with E-state index in [9.17, 15) is 14.7 Å². The highest BCUT2D eigenvalue weighted by molar-refractivity contribution is 7.12. The highest BCUT2D eigenvalue weighted by atomic mass is 32.1. The molecule has 1 aliphatic heterocycles. The van der Waals surface area contributed by atoms with Crippen LogP contribution in [0.5, 0.6) is 0 Å². The van der Waals surface area contributed by atoms with Gasteiger partial charge in [0.15, 0.2) is 6.04 Å². The summed E-state index contributed by atoms with van der Waals surface area (Å²) in [5.74, 6) is -1.20.